The summed E-state index contributed by atoms with van der Waals surface area (Å²) in [7, 11) is 0. The van der Waals surface area contributed by atoms with Crippen molar-refractivity contribution in [2.75, 3.05) is 25.0 Å². The van der Waals surface area contributed by atoms with Gasteiger partial charge in [-0.05, 0) is 64.0 Å². The van der Waals surface area contributed by atoms with Gasteiger partial charge >= 0.3 is 0 Å². The fraction of sp³-hybridized carbons (Fsp3) is 0.480. The van der Waals surface area contributed by atoms with Crippen molar-refractivity contribution < 1.29 is 14.4 Å². The minimum atomic E-state index is -0.399. The first-order valence-electron chi connectivity index (χ1n) is 12.0. The van der Waals surface area contributed by atoms with Crippen molar-refractivity contribution in [2.24, 2.45) is 5.92 Å². The summed E-state index contributed by atoms with van der Waals surface area (Å²) >= 11 is 0.972. The lowest BCUT2D eigenvalue weighted by molar-refractivity contribution is -0.126. The molecule has 34 heavy (non-hydrogen) atoms. The number of rotatable bonds is 7. The molecular weight excluding hydrogens is 450 g/mol. The Bertz CT molecular complexity index is 1060. The third kappa shape index (κ3) is 6.28. The van der Waals surface area contributed by atoms with Gasteiger partial charge in [0.1, 0.15) is 0 Å². The van der Waals surface area contributed by atoms with E-state index in [1.165, 1.54) is 18.4 Å². The minimum Gasteiger partial charge on any atom is -0.355 e. The van der Waals surface area contributed by atoms with Crippen LogP contribution in [-0.4, -0.2) is 52.5 Å². The fourth-order valence-electron chi connectivity index (χ4n) is 4.36. The number of carbonyl (C=O) groups is 3. The molecule has 1 saturated heterocycles. The maximum atomic E-state index is 13.0. The number of benzene rings is 1. The number of allylic oxidation sites excluding steroid dienone is 1. The second-order valence-corrected chi connectivity index (χ2v) is 9.95. The van der Waals surface area contributed by atoms with E-state index in [1.54, 1.807) is 4.90 Å². The molecule has 3 amide bonds. The summed E-state index contributed by atoms with van der Waals surface area (Å²) in [5, 5.41) is 14.0. The van der Waals surface area contributed by atoms with Gasteiger partial charge in [-0.25, -0.2) is 0 Å². The molecule has 1 aromatic heterocycles. The van der Waals surface area contributed by atoms with Gasteiger partial charge in [-0.1, -0.05) is 40.7 Å². The molecule has 0 unspecified atom stereocenters. The van der Waals surface area contributed by atoms with Crippen molar-refractivity contribution in [1.29, 1.82) is 0 Å². The van der Waals surface area contributed by atoms with Crippen LogP contribution in [0, 0.1) is 12.8 Å². The summed E-state index contributed by atoms with van der Waals surface area (Å²) in [6.45, 7) is 3.54. The van der Waals surface area contributed by atoms with Gasteiger partial charge in [-0.3, -0.25) is 14.4 Å². The van der Waals surface area contributed by atoms with E-state index >= 15 is 0 Å². The topological polar surface area (TPSA) is 104 Å². The molecule has 0 bridgehead atoms. The summed E-state index contributed by atoms with van der Waals surface area (Å²) in [6.07, 6.45) is 9.49. The van der Waals surface area contributed by atoms with Crippen molar-refractivity contribution in [3.63, 3.8) is 0 Å². The van der Waals surface area contributed by atoms with Crippen LogP contribution in [0.1, 0.15) is 70.1 Å². The second kappa shape index (κ2) is 11.4. The Morgan fingerprint density at radius 3 is 2.65 bits per heavy atom. The van der Waals surface area contributed by atoms with Crippen LogP contribution >= 0.6 is 11.3 Å². The molecule has 2 aromatic rings. The number of carbonyl (C=O) groups excluding carboxylic acids is 3. The van der Waals surface area contributed by atoms with Crippen LogP contribution < -0.4 is 10.6 Å². The van der Waals surface area contributed by atoms with Gasteiger partial charge < -0.3 is 15.5 Å². The lowest BCUT2D eigenvalue weighted by Crippen LogP contribution is -2.45. The molecule has 2 N–H and O–H groups in total. The number of hydrogen-bond donors (Lipinski definition) is 2. The molecule has 1 aliphatic heterocycles. The van der Waals surface area contributed by atoms with Crippen molar-refractivity contribution in [3.8, 4) is 0 Å². The zero-order valence-corrected chi connectivity index (χ0v) is 20.3. The number of aryl methyl sites for hydroxylation is 1. The first-order valence-corrected chi connectivity index (χ1v) is 12.8. The van der Waals surface area contributed by atoms with Gasteiger partial charge in [0, 0.05) is 25.3 Å². The normalized spacial score (nSPS) is 18.2. The first kappa shape index (κ1) is 24.1. The molecule has 1 fully saturated rings. The SMILES string of the molecule is Cc1ccc(NC(=O)c2nnc(C(=O)N3CCC[C@H](C(=O)NCCC4=CCCCC4)C3)s2)cc1. The van der Waals surface area contributed by atoms with Gasteiger partial charge in [0.2, 0.25) is 15.9 Å². The van der Waals surface area contributed by atoms with Crippen LogP contribution in [-0.2, 0) is 4.79 Å². The van der Waals surface area contributed by atoms with Gasteiger partial charge in [-0.15, -0.1) is 10.2 Å². The molecule has 2 aliphatic rings. The summed E-state index contributed by atoms with van der Waals surface area (Å²) in [5.41, 5.74) is 3.19. The Labute approximate surface area is 203 Å². The van der Waals surface area contributed by atoms with Crippen molar-refractivity contribution in [2.45, 2.75) is 51.9 Å². The molecule has 180 valence electrons. The predicted octanol–water partition coefficient (Wildman–Crippen LogP) is 3.96. The highest BCUT2D eigenvalue weighted by Gasteiger charge is 2.30. The first-order chi connectivity index (χ1) is 16.5. The van der Waals surface area contributed by atoms with E-state index in [2.05, 4.69) is 26.9 Å². The van der Waals surface area contributed by atoms with E-state index in [1.807, 2.05) is 31.2 Å². The molecular formula is C25H31N5O3S. The number of amides is 3. The zero-order valence-electron chi connectivity index (χ0n) is 19.5. The highest BCUT2D eigenvalue weighted by Crippen LogP contribution is 2.22. The van der Waals surface area contributed by atoms with E-state index < -0.39 is 5.91 Å². The van der Waals surface area contributed by atoms with Crippen LogP contribution in [0.4, 0.5) is 5.69 Å². The van der Waals surface area contributed by atoms with E-state index in [0.29, 0.717) is 25.3 Å². The third-order valence-electron chi connectivity index (χ3n) is 6.32. The summed E-state index contributed by atoms with van der Waals surface area (Å²) in [4.78, 5) is 39.8. The molecule has 1 atom stereocenters. The maximum absolute atomic E-state index is 13.0. The van der Waals surface area contributed by atoms with E-state index in [0.717, 1.165) is 49.0 Å². The third-order valence-corrected chi connectivity index (χ3v) is 7.23. The van der Waals surface area contributed by atoms with Crippen molar-refractivity contribution in [3.05, 3.63) is 51.5 Å². The average Bonchev–Trinajstić information content (AvgIpc) is 3.36. The van der Waals surface area contributed by atoms with Gasteiger partial charge in [-0.2, -0.15) is 0 Å². The monoisotopic (exact) mass is 481 g/mol. The van der Waals surface area contributed by atoms with E-state index in [-0.39, 0.29) is 27.7 Å². The minimum absolute atomic E-state index is 0.00402. The molecule has 1 aromatic carbocycles. The number of aromatic nitrogens is 2. The number of nitrogens with one attached hydrogen (secondary N) is 2. The highest BCUT2D eigenvalue weighted by atomic mass is 32.1. The molecule has 0 saturated carbocycles. The molecule has 9 heteroatoms. The zero-order chi connectivity index (χ0) is 23.9. The summed E-state index contributed by atoms with van der Waals surface area (Å²) < 4.78 is 0. The van der Waals surface area contributed by atoms with Crippen LogP contribution in [0.5, 0.6) is 0 Å². The molecule has 8 nitrogen and oxygen atoms in total. The lowest BCUT2D eigenvalue weighted by atomic mass is 9.96. The van der Waals surface area contributed by atoms with Crippen molar-refractivity contribution in [1.82, 2.24) is 20.4 Å². The van der Waals surface area contributed by atoms with Crippen LogP contribution in [0.2, 0.25) is 0 Å². The van der Waals surface area contributed by atoms with Gasteiger partial charge in [0.05, 0.1) is 5.92 Å². The van der Waals surface area contributed by atoms with Gasteiger partial charge in [0.15, 0.2) is 0 Å². The number of likely N-dealkylation sites (tertiary alicyclic amines) is 1. The molecule has 1 aliphatic carbocycles. The van der Waals surface area contributed by atoms with Crippen LogP contribution in [0.3, 0.4) is 0 Å². The number of anilines is 1. The van der Waals surface area contributed by atoms with E-state index in [9.17, 15) is 14.4 Å². The molecule has 0 radical (unpaired) electrons. The summed E-state index contributed by atoms with van der Waals surface area (Å²) in [5.74, 6) is -0.902. The average molecular weight is 482 g/mol. The molecule has 0 spiro atoms. The van der Waals surface area contributed by atoms with Crippen molar-refractivity contribution >= 4 is 34.7 Å². The Kier molecular flexibility index (Phi) is 8.05. The molecule has 4 rings (SSSR count). The predicted molar refractivity (Wildman–Crippen MR) is 132 cm³/mol. The van der Waals surface area contributed by atoms with Crippen LogP contribution in [0.25, 0.3) is 0 Å². The largest absolute Gasteiger partial charge is 0.355 e. The smallest absolute Gasteiger partial charge is 0.286 e. The Balaban J connectivity index is 1.29. The summed E-state index contributed by atoms with van der Waals surface area (Å²) in [6, 6.07) is 7.43. The Hall–Kier alpha value is -3.07. The maximum Gasteiger partial charge on any atom is 0.286 e. The second-order valence-electron chi connectivity index (χ2n) is 8.97. The molecule has 2 heterocycles. The Morgan fingerprint density at radius 1 is 1.09 bits per heavy atom. The fourth-order valence-corrected chi connectivity index (χ4v) is 5.06. The standard InChI is InChI=1S/C25H31N5O3S/c1-17-9-11-20(12-10-17)27-22(32)23-28-29-24(34-23)25(33)30-15-5-8-19(16-30)21(31)26-14-13-18-6-3-2-4-7-18/h6,9-12,19H,2-5,7-8,13-16H2,1H3,(H,26,31)(H,27,32)/t19-/m0/s1. The Morgan fingerprint density at radius 2 is 1.88 bits per heavy atom. The number of hydrogen-bond acceptors (Lipinski definition) is 6. The highest BCUT2D eigenvalue weighted by molar-refractivity contribution is 7.15. The van der Waals surface area contributed by atoms with Gasteiger partial charge in [0.25, 0.3) is 11.8 Å². The number of nitrogens with zero attached hydrogens (tertiary/aromatic N) is 3. The van der Waals surface area contributed by atoms with Crippen LogP contribution in [0.15, 0.2) is 35.9 Å². The van der Waals surface area contributed by atoms with E-state index in [4.69, 9.17) is 0 Å². The quantitative estimate of drug-likeness (QED) is 0.583. The number of piperidine rings is 1. The lowest BCUT2D eigenvalue weighted by Gasteiger charge is -2.31.